The van der Waals surface area contributed by atoms with Crippen molar-refractivity contribution in [3.8, 4) is 23.3 Å². The second kappa shape index (κ2) is 24.1. The number of carbonyl (C=O) groups is 2. The first kappa shape index (κ1) is 60.5. The van der Waals surface area contributed by atoms with Crippen LogP contribution in [0.2, 0.25) is 0 Å². The van der Waals surface area contributed by atoms with Gasteiger partial charge >= 0.3 is 12.2 Å². The molecule has 0 spiro atoms. The molecule has 3 aliphatic rings. The van der Waals surface area contributed by atoms with Crippen LogP contribution in [0.3, 0.4) is 0 Å². The van der Waals surface area contributed by atoms with Crippen LogP contribution in [0.25, 0.3) is 65.6 Å². The van der Waals surface area contributed by atoms with Gasteiger partial charge in [-0.15, -0.1) is 23.5 Å². The molecule has 5 atom stereocenters. The summed E-state index contributed by atoms with van der Waals surface area (Å²) in [5.41, 5.74) is 6.90. The van der Waals surface area contributed by atoms with Gasteiger partial charge in [-0.05, 0) is 189 Å². The highest BCUT2D eigenvalue weighted by Gasteiger charge is 2.38. The Labute approximate surface area is 504 Å². The van der Waals surface area contributed by atoms with Crippen LogP contribution in [0.5, 0.6) is 0 Å². The minimum absolute atomic E-state index is 0.0538. The molecule has 8 aromatic rings. The molecule has 442 valence electrons. The van der Waals surface area contributed by atoms with Crippen molar-refractivity contribution in [3.63, 3.8) is 0 Å². The van der Waals surface area contributed by atoms with Gasteiger partial charge < -0.3 is 24.0 Å². The van der Waals surface area contributed by atoms with E-state index in [1.54, 1.807) is 16.0 Å². The number of aryl methyl sites for hydroxylation is 3. The Balaban J connectivity index is 0.000000202. The molecule has 3 fully saturated rings. The number of hydrogen-bond acceptors (Lipinski definition) is 14. The predicted octanol–water partition coefficient (Wildman–Crippen LogP) is 15.3. The lowest BCUT2D eigenvalue weighted by Crippen LogP contribution is -2.48. The molecule has 8 heterocycles. The van der Waals surface area contributed by atoms with Crippen molar-refractivity contribution in [2.24, 2.45) is 0 Å². The molecule has 3 aromatic carbocycles. The number of amides is 2. The summed E-state index contributed by atoms with van der Waals surface area (Å²) in [6, 6.07) is 9.78. The van der Waals surface area contributed by atoms with Crippen LogP contribution in [-0.2, 0) is 14.2 Å². The average Bonchev–Trinajstić information content (AvgIpc) is 1.70. The fourth-order valence-corrected chi connectivity index (χ4v) is 13.7. The topological polar surface area (TPSA) is 195 Å². The molecule has 0 bridgehead atoms. The maximum absolute atomic E-state index is 17.3. The minimum atomic E-state index is -0.642. The lowest BCUT2D eigenvalue weighted by molar-refractivity contribution is -0.0366. The standard InChI is InChI=1S/C38H44FN7O3S.C24H27BrFN5O2S/c1-21-17-29-27(19-42-46(29)30-10-8-9-15-48-30)32(23(21)3)31-22(2)16-26-34(33(31)39)43-36(50-7)28-20-41-45(35(26)28)25-12-14-44(24(18-25)11-13-40)37(47)49-38(4,5)6;1-13-10-16-20(19(26)18(13)25)29-22(34-5)17-12-28-31(21(16)17)15-7-9-30(14(11-15)6-8-27)23(32)33-24(2,3)4/h16-17,19-20,24-25,30H,8-12,14-15,18H2,1-7H3;10,12,14-15H,6-7,9,11H2,1-5H3/t24-,25+,30?;14-,15+/m11/s1. The number of pyridine rings is 2. The Hall–Kier alpha value is -6.59. The quantitative estimate of drug-likeness (QED) is 0.130. The van der Waals surface area contributed by atoms with Crippen LogP contribution in [0.4, 0.5) is 18.4 Å². The summed E-state index contributed by atoms with van der Waals surface area (Å²) in [7, 11) is 0. The molecule has 5 aromatic heterocycles. The number of fused-ring (bicyclic) bond motifs is 7. The van der Waals surface area contributed by atoms with Gasteiger partial charge in [0.2, 0.25) is 0 Å². The highest BCUT2D eigenvalue weighted by Crippen LogP contribution is 2.45. The van der Waals surface area contributed by atoms with Gasteiger partial charge in [-0.2, -0.15) is 25.8 Å². The Morgan fingerprint density at radius 3 is 1.63 bits per heavy atom. The number of nitrogens with zero attached hydrogens (tertiary/aromatic N) is 12. The molecule has 2 amide bonds. The van der Waals surface area contributed by atoms with Gasteiger partial charge in [0.25, 0.3) is 0 Å². The molecular weight excluding hydrogens is 1170 g/mol. The number of thioether (sulfide) groups is 2. The summed E-state index contributed by atoms with van der Waals surface area (Å²) in [4.78, 5) is 38.7. The van der Waals surface area contributed by atoms with Crippen LogP contribution in [0, 0.1) is 62.0 Å². The summed E-state index contributed by atoms with van der Waals surface area (Å²) in [5, 5.41) is 38.8. The van der Waals surface area contributed by atoms with E-state index >= 15 is 8.78 Å². The molecular formula is C62H71BrF2N12O5S2. The Kier molecular flexibility index (Phi) is 17.3. The first-order valence-corrected chi connectivity index (χ1v) is 31.8. The van der Waals surface area contributed by atoms with E-state index in [0.717, 1.165) is 79.8 Å². The van der Waals surface area contributed by atoms with Gasteiger partial charge in [-0.1, -0.05) is 0 Å². The second-order valence-electron chi connectivity index (χ2n) is 24.2. The van der Waals surface area contributed by atoms with E-state index in [9.17, 15) is 20.1 Å². The Bertz CT molecular complexity index is 3980. The monoisotopic (exact) mass is 1240 g/mol. The molecule has 3 saturated heterocycles. The molecule has 0 saturated carbocycles. The molecule has 0 aliphatic carbocycles. The Morgan fingerprint density at radius 2 is 1.15 bits per heavy atom. The molecule has 84 heavy (non-hydrogen) atoms. The number of benzene rings is 3. The molecule has 3 aliphatic heterocycles. The maximum atomic E-state index is 17.3. The van der Waals surface area contributed by atoms with Crippen molar-refractivity contribution in [2.75, 3.05) is 32.2 Å². The van der Waals surface area contributed by atoms with Crippen molar-refractivity contribution >= 4 is 106 Å². The molecule has 17 nitrogen and oxygen atoms in total. The number of carbonyl (C=O) groups excluding carboxylic acids is 2. The lowest BCUT2D eigenvalue weighted by Gasteiger charge is -2.39. The third kappa shape index (κ3) is 11.5. The summed E-state index contributed by atoms with van der Waals surface area (Å²) in [6.07, 6.45) is 14.1. The van der Waals surface area contributed by atoms with E-state index in [4.69, 9.17) is 34.5 Å². The lowest BCUT2D eigenvalue weighted by atomic mass is 9.89. The number of piperidine rings is 2. The SMILES string of the molecule is CSc1nc2c(F)c(-c3c(C)c(C)cc4c3cnn4C3CCCCO3)c(C)cc2c2c1cnn2[C@H]1CCN(C(=O)OC(C)(C)C)[C@H](CC#N)C1.CSc1nc2c(F)c(Br)c(C)cc2c2c1cnn2[C@H]1CCN(C(=O)OC(C)(C)C)[C@H](CC#N)C1. The van der Waals surface area contributed by atoms with E-state index in [1.165, 1.54) is 23.5 Å². The summed E-state index contributed by atoms with van der Waals surface area (Å²) in [5.74, 6) is -0.759. The zero-order valence-electron chi connectivity index (χ0n) is 49.7. The van der Waals surface area contributed by atoms with Gasteiger partial charge in [0.1, 0.15) is 32.3 Å². The zero-order chi connectivity index (χ0) is 60.3. The third-order valence-electron chi connectivity index (χ3n) is 16.3. The summed E-state index contributed by atoms with van der Waals surface area (Å²) >= 11 is 6.25. The largest absolute Gasteiger partial charge is 0.444 e. The highest BCUT2D eigenvalue weighted by molar-refractivity contribution is 9.10. The summed E-state index contributed by atoms with van der Waals surface area (Å²) in [6.45, 7) is 20.5. The number of likely N-dealkylation sites (tertiary alicyclic amines) is 2. The maximum Gasteiger partial charge on any atom is 0.410 e. The van der Waals surface area contributed by atoms with E-state index < -0.39 is 23.4 Å². The van der Waals surface area contributed by atoms with Gasteiger partial charge in [0.05, 0.1) is 99.5 Å². The average molecular weight is 1250 g/mol. The van der Waals surface area contributed by atoms with Crippen molar-refractivity contribution in [1.82, 2.24) is 49.1 Å². The Morgan fingerprint density at radius 1 is 0.667 bits per heavy atom. The molecule has 11 rings (SSSR count). The minimum Gasteiger partial charge on any atom is -0.444 e. The molecule has 1 unspecified atom stereocenters. The van der Waals surface area contributed by atoms with E-state index in [1.807, 2.05) is 113 Å². The number of halogens is 3. The van der Waals surface area contributed by atoms with Crippen LogP contribution in [-0.4, -0.2) is 117 Å². The van der Waals surface area contributed by atoms with Gasteiger partial charge in [-0.25, -0.2) is 33.0 Å². The van der Waals surface area contributed by atoms with Crippen LogP contribution >= 0.6 is 39.5 Å². The highest BCUT2D eigenvalue weighted by atomic mass is 79.9. The van der Waals surface area contributed by atoms with Gasteiger partial charge in [0.15, 0.2) is 17.9 Å². The predicted molar refractivity (Wildman–Crippen MR) is 328 cm³/mol. The fraction of sp³-hybridized carbons (Fsp3) is 0.500. The summed E-state index contributed by atoms with van der Waals surface area (Å²) < 4.78 is 56.1. The van der Waals surface area contributed by atoms with Crippen LogP contribution in [0.1, 0.15) is 140 Å². The van der Waals surface area contributed by atoms with Crippen molar-refractivity contribution in [3.05, 3.63) is 75.2 Å². The number of hydrogen-bond donors (Lipinski definition) is 0. The van der Waals surface area contributed by atoms with E-state index in [0.29, 0.717) is 87.3 Å². The van der Waals surface area contributed by atoms with Crippen LogP contribution < -0.4 is 0 Å². The molecule has 0 N–H and O–H groups in total. The van der Waals surface area contributed by atoms with E-state index in [-0.39, 0.29) is 54.9 Å². The normalized spacial score (nSPS) is 19.7. The van der Waals surface area contributed by atoms with E-state index in [2.05, 4.69) is 46.0 Å². The number of nitriles is 2. The molecule has 22 heteroatoms. The first-order chi connectivity index (χ1) is 40.0. The number of ether oxygens (including phenoxy) is 3. The number of rotatable bonds is 8. The first-order valence-electron chi connectivity index (χ1n) is 28.5. The number of aromatic nitrogens is 8. The van der Waals surface area contributed by atoms with Crippen molar-refractivity contribution < 1.29 is 32.6 Å². The zero-order valence-corrected chi connectivity index (χ0v) is 52.9. The smallest absolute Gasteiger partial charge is 0.410 e. The third-order valence-corrected chi connectivity index (χ3v) is 18.6. The van der Waals surface area contributed by atoms with Crippen molar-refractivity contribution in [2.45, 2.75) is 179 Å². The van der Waals surface area contributed by atoms with Gasteiger partial charge in [-0.3, -0.25) is 9.36 Å². The van der Waals surface area contributed by atoms with Crippen LogP contribution in [0.15, 0.2) is 51.3 Å². The molecule has 0 radical (unpaired) electrons. The second-order valence-corrected chi connectivity index (χ2v) is 26.6. The fourth-order valence-electron chi connectivity index (χ4n) is 12.3. The van der Waals surface area contributed by atoms with Gasteiger partial charge in [0, 0.05) is 41.4 Å². The van der Waals surface area contributed by atoms with Crippen molar-refractivity contribution in [1.29, 1.82) is 10.5 Å².